The molecular weight excluding hydrogens is 378 g/mol. The molecule has 0 spiro atoms. The average Bonchev–Trinajstić information content (AvgIpc) is 2.80. The molecule has 0 unspecified atom stereocenters. The van der Waals surface area contributed by atoms with Gasteiger partial charge in [0.05, 0.1) is 5.71 Å². The van der Waals surface area contributed by atoms with Gasteiger partial charge in [-0.25, -0.2) is 0 Å². The molecule has 0 rings (SSSR count). The highest BCUT2D eigenvalue weighted by Gasteiger charge is 1.89. The zero-order valence-electron chi connectivity index (χ0n) is 22.6. The lowest BCUT2D eigenvalue weighted by Gasteiger charge is -1.93. The predicted molar refractivity (Wildman–Crippen MR) is 151 cm³/mol. The minimum absolute atomic E-state index is 0.533. The topological polar surface area (TPSA) is 73.7 Å². The van der Waals surface area contributed by atoms with Gasteiger partial charge in [-0.2, -0.15) is 0 Å². The average molecular weight is 432 g/mol. The van der Waals surface area contributed by atoms with E-state index in [1.54, 1.807) is 19.1 Å². The molecule has 0 aromatic carbocycles. The molecule has 0 bridgehead atoms. The number of nitrogens with two attached hydrogens (primary N) is 1. The van der Waals surface area contributed by atoms with E-state index in [4.69, 9.17) is 10.8 Å². The molecule has 0 fully saturated rings. The van der Waals surface area contributed by atoms with E-state index < -0.39 is 0 Å². The van der Waals surface area contributed by atoms with Crippen molar-refractivity contribution in [1.29, 1.82) is 10.8 Å². The minimum atomic E-state index is 0.533. The molecule has 180 valence electrons. The molecule has 0 aromatic heterocycles. The fourth-order valence-corrected chi connectivity index (χ4v) is 1.39. The normalized spacial score (nSPS) is 10.4. The molecule has 31 heavy (non-hydrogen) atoms. The smallest absolute Gasteiger partial charge is 0.0539 e. The lowest BCUT2D eigenvalue weighted by atomic mass is 10.1. The predicted octanol–water partition coefficient (Wildman–Crippen LogP) is 9.03. The van der Waals surface area contributed by atoms with Crippen molar-refractivity contribution in [1.82, 2.24) is 0 Å². The van der Waals surface area contributed by atoms with Crippen molar-refractivity contribution in [3.63, 3.8) is 0 Å². The Morgan fingerprint density at radius 3 is 1.48 bits per heavy atom. The molecule has 3 nitrogen and oxygen atoms in total. The highest BCUT2D eigenvalue weighted by Crippen LogP contribution is 1.97. The molecule has 0 amide bonds. The highest BCUT2D eigenvalue weighted by atomic mass is 14.4. The number of rotatable bonds is 7. The molecule has 0 aliphatic rings. The first-order valence-electron chi connectivity index (χ1n) is 11.2. The third kappa shape index (κ3) is 47.0. The number of nitrogens with one attached hydrogen (secondary N) is 2. The molecule has 0 radical (unpaired) electrons. The summed E-state index contributed by atoms with van der Waals surface area (Å²) in [4.78, 5) is 0. The summed E-state index contributed by atoms with van der Waals surface area (Å²) < 4.78 is 0. The minimum Gasteiger partial charge on any atom is -0.333 e. The Labute approximate surface area is 196 Å². The first-order chi connectivity index (χ1) is 14.9. The van der Waals surface area contributed by atoms with Gasteiger partial charge >= 0.3 is 0 Å². The Hall–Kier alpha value is -2.52. The quantitative estimate of drug-likeness (QED) is 0.273. The van der Waals surface area contributed by atoms with Crippen LogP contribution in [0.2, 0.25) is 0 Å². The maximum atomic E-state index is 7.48. The summed E-state index contributed by atoms with van der Waals surface area (Å²) in [5, 5.41) is 14.7. The zero-order chi connectivity index (χ0) is 26.1. The van der Waals surface area contributed by atoms with Crippen molar-refractivity contribution in [3.05, 3.63) is 84.6 Å². The standard InChI is InChI=1S/C12H17N.C9H13N.3C2H6.CH5N/c1-4-6-7-9-11(3)10-12(13)8-5-2;1-4-6-7-9(5-2)8(3)10;4*1-2/h4-10,13H,1-3H3;4-7,10H,2H2,1,3H3;3*1-2H3;2H2,1H3/b6-4-,8-5-,9-7-,11-10-,13-12?;6-4-,9-7+,10-8?;;;;. The SMILES string of the molecule is C=C/C(=C\C=C/C)C(C)=N.CC.CC.CC.CN.C\C=C/C=C\C(C)=C/C(=N)/C=C\C. The third-order valence-electron chi connectivity index (χ3n) is 2.51. The van der Waals surface area contributed by atoms with Gasteiger partial charge in [-0.05, 0) is 65.0 Å². The van der Waals surface area contributed by atoms with Gasteiger partial charge in [0.1, 0.15) is 0 Å². The summed E-state index contributed by atoms with van der Waals surface area (Å²) in [6, 6.07) is 0. The molecule has 0 atom stereocenters. The fraction of sp³-hybridized carbons (Fsp3) is 0.429. The van der Waals surface area contributed by atoms with E-state index in [0.29, 0.717) is 11.4 Å². The molecule has 0 saturated carbocycles. The molecular formula is C28H53N3. The van der Waals surface area contributed by atoms with Crippen LogP contribution < -0.4 is 5.73 Å². The summed E-state index contributed by atoms with van der Waals surface area (Å²) in [6.07, 6.45) is 20.7. The molecule has 3 heteroatoms. The molecule has 0 aromatic rings. The van der Waals surface area contributed by atoms with Crippen LogP contribution in [0.25, 0.3) is 0 Å². The van der Waals surface area contributed by atoms with Crippen LogP contribution in [0.3, 0.4) is 0 Å². The van der Waals surface area contributed by atoms with Crippen LogP contribution in [-0.4, -0.2) is 18.5 Å². The number of allylic oxidation sites excluding steroid dienone is 13. The zero-order valence-corrected chi connectivity index (χ0v) is 22.6. The van der Waals surface area contributed by atoms with Gasteiger partial charge in [-0.1, -0.05) is 103 Å². The largest absolute Gasteiger partial charge is 0.333 e. The van der Waals surface area contributed by atoms with Crippen LogP contribution in [-0.2, 0) is 0 Å². The summed E-state index contributed by atoms with van der Waals surface area (Å²) >= 11 is 0. The Morgan fingerprint density at radius 2 is 1.16 bits per heavy atom. The van der Waals surface area contributed by atoms with Crippen LogP contribution in [0, 0.1) is 10.8 Å². The van der Waals surface area contributed by atoms with E-state index in [9.17, 15) is 0 Å². The summed E-state index contributed by atoms with van der Waals surface area (Å²) in [5.41, 5.74) is 7.54. The second-order valence-corrected chi connectivity index (χ2v) is 4.71. The molecule has 4 N–H and O–H groups in total. The maximum absolute atomic E-state index is 7.48. The van der Waals surface area contributed by atoms with Crippen LogP contribution >= 0.6 is 0 Å². The monoisotopic (exact) mass is 431 g/mol. The first-order valence-corrected chi connectivity index (χ1v) is 11.2. The van der Waals surface area contributed by atoms with E-state index in [0.717, 1.165) is 11.1 Å². The van der Waals surface area contributed by atoms with Crippen molar-refractivity contribution >= 4 is 11.4 Å². The van der Waals surface area contributed by atoms with Gasteiger partial charge in [0.2, 0.25) is 0 Å². The Balaban J connectivity index is -0.0000000771. The van der Waals surface area contributed by atoms with Crippen molar-refractivity contribution in [2.75, 3.05) is 7.05 Å². The van der Waals surface area contributed by atoms with Crippen LogP contribution in [0.1, 0.15) is 76.2 Å². The first kappa shape index (κ1) is 42.6. The molecule has 0 aliphatic carbocycles. The van der Waals surface area contributed by atoms with E-state index in [1.807, 2.05) is 124 Å². The van der Waals surface area contributed by atoms with E-state index >= 15 is 0 Å². The fourth-order valence-electron chi connectivity index (χ4n) is 1.39. The Morgan fingerprint density at radius 1 is 0.710 bits per heavy atom. The summed E-state index contributed by atoms with van der Waals surface area (Å²) in [5.74, 6) is 0. The van der Waals surface area contributed by atoms with Crippen molar-refractivity contribution in [2.24, 2.45) is 5.73 Å². The molecule has 0 aliphatic heterocycles. The van der Waals surface area contributed by atoms with E-state index in [2.05, 4.69) is 12.3 Å². The van der Waals surface area contributed by atoms with Gasteiger partial charge in [-0.3, -0.25) is 0 Å². The second-order valence-electron chi connectivity index (χ2n) is 4.71. The summed E-state index contributed by atoms with van der Waals surface area (Å²) in [7, 11) is 1.50. The van der Waals surface area contributed by atoms with Crippen LogP contribution in [0.15, 0.2) is 84.6 Å². The maximum Gasteiger partial charge on any atom is 0.0539 e. The van der Waals surface area contributed by atoms with Gasteiger partial charge in [0.25, 0.3) is 0 Å². The lowest BCUT2D eigenvalue weighted by molar-refractivity contribution is 1.46. The lowest BCUT2D eigenvalue weighted by Crippen LogP contribution is -1.89. The highest BCUT2D eigenvalue weighted by molar-refractivity contribution is 6.02. The molecule has 0 saturated heterocycles. The number of hydrogen-bond donors (Lipinski definition) is 3. The number of hydrogen-bond acceptors (Lipinski definition) is 3. The second kappa shape index (κ2) is 45.9. The van der Waals surface area contributed by atoms with Crippen LogP contribution in [0.5, 0.6) is 0 Å². The van der Waals surface area contributed by atoms with Crippen molar-refractivity contribution < 1.29 is 0 Å². The Bertz CT molecular complexity index is 555. The van der Waals surface area contributed by atoms with Crippen molar-refractivity contribution in [3.8, 4) is 0 Å². The third-order valence-corrected chi connectivity index (χ3v) is 2.51. The van der Waals surface area contributed by atoms with Gasteiger partial charge in [-0.15, -0.1) is 0 Å². The van der Waals surface area contributed by atoms with Gasteiger partial charge < -0.3 is 16.6 Å². The van der Waals surface area contributed by atoms with Crippen molar-refractivity contribution in [2.45, 2.75) is 76.2 Å². The van der Waals surface area contributed by atoms with Crippen LogP contribution in [0.4, 0.5) is 0 Å². The van der Waals surface area contributed by atoms with E-state index in [-0.39, 0.29) is 0 Å². The Kier molecular flexibility index (Phi) is 63.1. The van der Waals surface area contributed by atoms with E-state index in [1.165, 1.54) is 7.05 Å². The van der Waals surface area contributed by atoms with Gasteiger partial charge in [0.15, 0.2) is 0 Å². The summed E-state index contributed by atoms with van der Waals surface area (Å²) in [6.45, 7) is 25.2. The van der Waals surface area contributed by atoms with Gasteiger partial charge in [0, 0.05) is 5.71 Å². The molecule has 0 heterocycles.